The molecule has 96 valence electrons. The van der Waals surface area contributed by atoms with Crippen molar-refractivity contribution < 1.29 is 0 Å². The molecule has 1 aliphatic carbocycles. The monoisotopic (exact) mass is 225 g/mol. The van der Waals surface area contributed by atoms with E-state index in [4.69, 9.17) is 0 Å². The Balaban J connectivity index is 2.11. The predicted molar refractivity (Wildman–Crippen MR) is 72.8 cm³/mol. The molecule has 0 aromatic carbocycles. The Hall–Kier alpha value is -0.0400. The van der Waals surface area contributed by atoms with E-state index in [-0.39, 0.29) is 0 Å². The van der Waals surface area contributed by atoms with Gasteiger partial charge in [-0.25, -0.2) is 0 Å². The average Bonchev–Trinajstić information content (AvgIpc) is 2.27. The highest BCUT2D eigenvalue weighted by Gasteiger charge is 2.16. The second-order valence-electron chi connectivity index (χ2n) is 5.89. The molecule has 1 aliphatic rings. The van der Waals surface area contributed by atoms with Gasteiger partial charge in [0.25, 0.3) is 0 Å². The van der Waals surface area contributed by atoms with Crippen LogP contribution in [0, 0.1) is 5.92 Å². The molecule has 1 heteroatoms. The zero-order valence-electron chi connectivity index (χ0n) is 11.6. The van der Waals surface area contributed by atoms with Crippen LogP contribution in [0.3, 0.4) is 0 Å². The van der Waals surface area contributed by atoms with Crippen LogP contribution in [0.2, 0.25) is 0 Å². The molecule has 16 heavy (non-hydrogen) atoms. The van der Waals surface area contributed by atoms with Crippen molar-refractivity contribution in [3.8, 4) is 0 Å². The Morgan fingerprint density at radius 2 is 1.81 bits per heavy atom. The molecule has 2 unspecified atom stereocenters. The van der Waals surface area contributed by atoms with Crippen LogP contribution >= 0.6 is 0 Å². The predicted octanol–water partition coefficient (Wildman–Crippen LogP) is 4.51. The smallest absolute Gasteiger partial charge is 0.00695 e. The van der Waals surface area contributed by atoms with Crippen molar-refractivity contribution in [1.82, 2.24) is 5.32 Å². The molecule has 1 nitrogen and oxygen atoms in total. The minimum absolute atomic E-state index is 0.718. The molecule has 0 spiro atoms. The SMILES string of the molecule is CCCCC(C)CC(C)NC1CCCCC1. The summed E-state index contributed by atoms with van der Waals surface area (Å²) in [6, 6.07) is 1.54. The molecular formula is C15H31N. The van der Waals surface area contributed by atoms with Gasteiger partial charge in [-0.2, -0.15) is 0 Å². The van der Waals surface area contributed by atoms with Crippen molar-refractivity contribution in [2.24, 2.45) is 5.92 Å². The van der Waals surface area contributed by atoms with Gasteiger partial charge in [0.15, 0.2) is 0 Å². The third-order valence-corrected chi connectivity index (χ3v) is 3.93. The first-order valence-electron chi connectivity index (χ1n) is 7.48. The third-order valence-electron chi connectivity index (χ3n) is 3.93. The second-order valence-corrected chi connectivity index (χ2v) is 5.89. The van der Waals surface area contributed by atoms with Crippen LogP contribution in [0.4, 0.5) is 0 Å². The third kappa shape index (κ3) is 5.89. The normalized spacial score (nSPS) is 21.9. The fourth-order valence-electron chi connectivity index (χ4n) is 3.01. The van der Waals surface area contributed by atoms with Crippen molar-refractivity contribution >= 4 is 0 Å². The topological polar surface area (TPSA) is 12.0 Å². The molecule has 1 fully saturated rings. The van der Waals surface area contributed by atoms with Crippen molar-refractivity contribution in [3.05, 3.63) is 0 Å². The van der Waals surface area contributed by atoms with Crippen LogP contribution in [0.1, 0.15) is 78.6 Å². The van der Waals surface area contributed by atoms with Gasteiger partial charge in [-0.1, -0.05) is 52.4 Å². The molecule has 1 N–H and O–H groups in total. The van der Waals surface area contributed by atoms with Crippen molar-refractivity contribution in [2.75, 3.05) is 0 Å². The molecule has 0 saturated heterocycles. The maximum Gasteiger partial charge on any atom is 0.00695 e. The van der Waals surface area contributed by atoms with Crippen molar-refractivity contribution in [2.45, 2.75) is 90.6 Å². The quantitative estimate of drug-likeness (QED) is 0.672. The van der Waals surface area contributed by atoms with Gasteiger partial charge < -0.3 is 5.32 Å². The van der Waals surface area contributed by atoms with E-state index in [2.05, 4.69) is 26.1 Å². The summed E-state index contributed by atoms with van der Waals surface area (Å²) in [7, 11) is 0. The summed E-state index contributed by atoms with van der Waals surface area (Å²) in [5, 5.41) is 3.83. The fraction of sp³-hybridized carbons (Fsp3) is 1.00. The summed E-state index contributed by atoms with van der Waals surface area (Å²) in [6.45, 7) is 7.07. The number of hydrogen-bond acceptors (Lipinski definition) is 1. The van der Waals surface area contributed by atoms with Crippen LogP contribution < -0.4 is 5.32 Å². The zero-order valence-corrected chi connectivity index (χ0v) is 11.6. The first kappa shape index (κ1) is 14.0. The first-order chi connectivity index (χ1) is 7.72. The van der Waals surface area contributed by atoms with Crippen LogP contribution in [-0.2, 0) is 0 Å². The Labute approximate surface area is 102 Å². The molecule has 0 amide bonds. The van der Waals surface area contributed by atoms with E-state index in [0.29, 0.717) is 0 Å². The van der Waals surface area contributed by atoms with E-state index in [1.54, 1.807) is 0 Å². The van der Waals surface area contributed by atoms with Crippen LogP contribution in [0.5, 0.6) is 0 Å². The lowest BCUT2D eigenvalue weighted by Crippen LogP contribution is -2.38. The van der Waals surface area contributed by atoms with Gasteiger partial charge in [-0.3, -0.25) is 0 Å². The second kappa shape index (κ2) is 8.11. The number of hydrogen-bond donors (Lipinski definition) is 1. The van der Waals surface area contributed by atoms with Crippen molar-refractivity contribution in [3.63, 3.8) is 0 Å². The van der Waals surface area contributed by atoms with Gasteiger partial charge in [-0.15, -0.1) is 0 Å². The van der Waals surface area contributed by atoms with E-state index in [1.807, 2.05) is 0 Å². The van der Waals surface area contributed by atoms with Gasteiger partial charge in [0.05, 0.1) is 0 Å². The van der Waals surface area contributed by atoms with Gasteiger partial charge in [0.1, 0.15) is 0 Å². The minimum Gasteiger partial charge on any atom is -0.311 e. The Morgan fingerprint density at radius 1 is 1.12 bits per heavy atom. The summed E-state index contributed by atoms with van der Waals surface area (Å²) in [5.41, 5.74) is 0. The van der Waals surface area contributed by atoms with Gasteiger partial charge in [0, 0.05) is 12.1 Å². The Kier molecular flexibility index (Phi) is 7.11. The maximum absolute atomic E-state index is 3.83. The highest BCUT2D eigenvalue weighted by molar-refractivity contribution is 4.76. The van der Waals surface area contributed by atoms with E-state index in [9.17, 15) is 0 Å². The molecule has 1 rings (SSSR count). The molecule has 0 bridgehead atoms. The lowest BCUT2D eigenvalue weighted by molar-refractivity contribution is 0.311. The Morgan fingerprint density at radius 3 is 2.44 bits per heavy atom. The lowest BCUT2D eigenvalue weighted by atomic mass is 9.92. The molecule has 2 atom stereocenters. The fourth-order valence-corrected chi connectivity index (χ4v) is 3.01. The van der Waals surface area contributed by atoms with E-state index in [1.165, 1.54) is 57.8 Å². The molecule has 1 saturated carbocycles. The average molecular weight is 225 g/mol. The van der Waals surface area contributed by atoms with E-state index in [0.717, 1.165) is 18.0 Å². The zero-order chi connectivity index (χ0) is 11.8. The molecule has 0 aliphatic heterocycles. The van der Waals surface area contributed by atoms with Crippen molar-refractivity contribution in [1.29, 1.82) is 0 Å². The summed E-state index contributed by atoms with van der Waals surface area (Å²) in [6.07, 6.45) is 12.7. The molecule has 0 radical (unpaired) electrons. The molecular weight excluding hydrogens is 194 g/mol. The van der Waals surface area contributed by atoms with Gasteiger partial charge >= 0.3 is 0 Å². The Bertz CT molecular complexity index is 161. The molecule has 0 heterocycles. The maximum atomic E-state index is 3.83. The summed E-state index contributed by atoms with van der Waals surface area (Å²) in [4.78, 5) is 0. The largest absolute Gasteiger partial charge is 0.311 e. The molecule has 0 aromatic rings. The van der Waals surface area contributed by atoms with E-state index >= 15 is 0 Å². The van der Waals surface area contributed by atoms with Gasteiger partial charge in [0.2, 0.25) is 0 Å². The first-order valence-corrected chi connectivity index (χ1v) is 7.48. The summed E-state index contributed by atoms with van der Waals surface area (Å²) >= 11 is 0. The number of unbranched alkanes of at least 4 members (excludes halogenated alkanes) is 1. The summed E-state index contributed by atoms with van der Waals surface area (Å²) < 4.78 is 0. The van der Waals surface area contributed by atoms with E-state index < -0.39 is 0 Å². The van der Waals surface area contributed by atoms with Crippen LogP contribution in [0.15, 0.2) is 0 Å². The van der Waals surface area contributed by atoms with Crippen LogP contribution in [0.25, 0.3) is 0 Å². The lowest BCUT2D eigenvalue weighted by Gasteiger charge is -2.28. The molecule has 0 aromatic heterocycles. The van der Waals surface area contributed by atoms with Crippen LogP contribution in [-0.4, -0.2) is 12.1 Å². The highest BCUT2D eigenvalue weighted by Crippen LogP contribution is 2.20. The summed E-state index contributed by atoms with van der Waals surface area (Å²) in [5.74, 6) is 0.894. The number of rotatable bonds is 7. The minimum atomic E-state index is 0.718. The van der Waals surface area contributed by atoms with Gasteiger partial charge in [-0.05, 0) is 32.1 Å². The highest BCUT2D eigenvalue weighted by atomic mass is 14.9. The number of nitrogens with one attached hydrogen (secondary N) is 1. The standard InChI is InChI=1S/C15H31N/c1-4-5-9-13(2)12-14(3)16-15-10-7-6-8-11-15/h13-16H,4-12H2,1-3H3.